The van der Waals surface area contributed by atoms with E-state index in [9.17, 15) is 8.42 Å². The molecule has 3 rings (SSSR count). The second kappa shape index (κ2) is 7.73. The van der Waals surface area contributed by atoms with E-state index in [4.69, 9.17) is 4.74 Å². The van der Waals surface area contributed by atoms with E-state index < -0.39 is 10.0 Å². The maximum Gasteiger partial charge on any atom is 0.240 e. The highest BCUT2D eigenvalue weighted by atomic mass is 32.2. The predicted molar refractivity (Wildman–Crippen MR) is 97.2 cm³/mol. The summed E-state index contributed by atoms with van der Waals surface area (Å²) in [5.41, 5.74) is 4.25. The van der Waals surface area contributed by atoms with Gasteiger partial charge in [-0.3, -0.25) is 4.98 Å². The van der Waals surface area contributed by atoms with Crippen molar-refractivity contribution in [1.29, 1.82) is 0 Å². The van der Waals surface area contributed by atoms with Crippen molar-refractivity contribution in [3.8, 4) is 16.9 Å². The summed E-state index contributed by atoms with van der Waals surface area (Å²) in [6.07, 6.45) is 3.94. The van der Waals surface area contributed by atoms with Gasteiger partial charge in [-0.2, -0.15) is 0 Å². The van der Waals surface area contributed by atoms with Gasteiger partial charge in [0.1, 0.15) is 5.75 Å². The molecule has 1 aromatic carbocycles. The van der Waals surface area contributed by atoms with Crippen LogP contribution in [0.25, 0.3) is 11.1 Å². The van der Waals surface area contributed by atoms with Crippen LogP contribution in [0.1, 0.15) is 5.69 Å². The Kier molecular flexibility index (Phi) is 5.42. The lowest BCUT2D eigenvalue weighted by molar-refractivity contribution is 0.415. The Morgan fingerprint density at radius 2 is 2.16 bits per heavy atom. The number of pyridine rings is 1. The maximum atomic E-state index is 12.5. The molecular formula is C17H17N3O3S2. The summed E-state index contributed by atoms with van der Waals surface area (Å²) in [6.45, 7) is 0.290. The third-order valence-corrected chi connectivity index (χ3v) is 5.71. The van der Waals surface area contributed by atoms with Crippen LogP contribution in [0.15, 0.2) is 58.5 Å². The van der Waals surface area contributed by atoms with Crippen molar-refractivity contribution in [2.75, 3.05) is 13.7 Å². The molecule has 2 heterocycles. The zero-order chi connectivity index (χ0) is 17.7. The van der Waals surface area contributed by atoms with Crippen LogP contribution in [0.2, 0.25) is 0 Å². The minimum Gasteiger partial charge on any atom is -0.496 e. The molecule has 0 radical (unpaired) electrons. The minimum absolute atomic E-state index is 0.162. The molecule has 1 N–H and O–H groups in total. The van der Waals surface area contributed by atoms with Gasteiger partial charge in [-0.15, -0.1) is 11.3 Å². The number of nitrogens with one attached hydrogen (secondary N) is 1. The third-order valence-electron chi connectivity index (χ3n) is 3.61. The number of hydrogen-bond donors (Lipinski definition) is 1. The molecule has 0 unspecified atom stereocenters. The quantitative estimate of drug-likeness (QED) is 0.687. The van der Waals surface area contributed by atoms with Crippen LogP contribution < -0.4 is 9.46 Å². The van der Waals surface area contributed by atoms with Gasteiger partial charge < -0.3 is 4.74 Å². The first-order valence-electron chi connectivity index (χ1n) is 7.55. The van der Waals surface area contributed by atoms with Gasteiger partial charge in [0.05, 0.1) is 23.2 Å². The Bertz CT molecular complexity index is 927. The highest BCUT2D eigenvalue weighted by Gasteiger charge is 2.17. The molecule has 0 spiro atoms. The van der Waals surface area contributed by atoms with E-state index in [1.54, 1.807) is 30.0 Å². The number of benzene rings is 1. The Morgan fingerprint density at radius 1 is 1.28 bits per heavy atom. The van der Waals surface area contributed by atoms with Gasteiger partial charge in [-0.25, -0.2) is 18.1 Å². The number of nitrogens with zero attached hydrogens (tertiary/aromatic N) is 2. The summed E-state index contributed by atoms with van der Waals surface area (Å²) in [5, 5.41) is 1.90. The van der Waals surface area contributed by atoms with Crippen molar-refractivity contribution in [2.24, 2.45) is 0 Å². The lowest BCUT2D eigenvalue weighted by Crippen LogP contribution is -2.26. The number of sulfonamides is 1. The number of aromatic nitrogens is 2. The largest absolute Gasteiger partial charge is 0.496 e. The third kappa shape index (κ3) is 4.22. The Hall–Kier alpha value is -2.29. The lowest BCUT2D eigenvalue weighted by atomic mass is 10.1. The van der Waals surface area contributed by atoms with Crippen LogP contribution in [0, 0.1) is 0 Å². The second-order valence-corrected chi connectivity index (χ2v) is 7.72. The van der Waals surface area contributed by atoms with Gasteiger partial charge in [0.2, 0.25) is 10.0 Å². The van der Waals surface area contributed by atoms with Crippen molar-refractivity contribution < 1.29 is 13.2 Å². The first-order chi connectivity index (χ1) is 12.1. The van der Waals surface area contributed by atoms with Crippen molar-refractivity contribution in [3.05, 3.63) is 59.3 Å². The van der Waals surface area contributed by atoms with E-state index in [-0.39, 0.29) is 4.90 Å². The second-order valence-electron chi connectivity index (χ2n) is 5.23. The molecule has 130 valence electrons. The van der Waals surface area contributed by atoms with Crippen LogP contribution >= 0.6 is 11.3 Å². The molecule has 0 aliphatic carbocycles. The molecule has 0 saturated carbocycles. The van der Waals surface area contributed by atoms with Crippen LogP contribution in [0.3, 0.4) is 0 Å². The predicted octanol–water partition coefficient (Wildman–Crippen LogP) is 2.73. The van der Waals surface area contributed by atoms with Crippen molar-refractivity contribution in [3.63, 3.8) is 0 Å². The molecule has 3 aromatic rings. The van der Waals surface area contributed by atoms with E-state index in [2.05, 4.69) is 14.7 Å². The first kappa shape index (κ1) is 17.5. The highest BCUT2D eigenvalue weighted by molar-refractivity contribution is 7.89. The monoisotopic (exact) mass is 375 g/mol. The lowest BCUT2D eigenvalue weighted by Gasteiger charge is -2.12. The minimum atomic E-state index is -3.62. The highest BCUT2D eigenvalue weighted by Crippen LogP contribution is 2.31. The van der Waals surface area contributed by atoms with Gasteiger partial charge in [-0.1, -0.05) is 6.07 Å². The standard InChI is InChI=1S/C17H17N3O3S2/c1-23-17-9-15(4-5-16(17)13-3-2-7-18-10-13)25(21,22)20-8-6-14-11-24-12-19-14/h2-5,7,9-12,20H,6,8H2,1H3. The summed E-state index contributed by atoms with van der Waals surface area (Å²) in [4.78, 5) is 8.38. The van der Waals surface area contributed by atoms with Crippen molar-refractivity contribution >= 4 is 21.4 Å². The van der Waals surface area contributed by atoms with E-state index in [0.717, 1.165) is 16.8 Å². The maximum absolute atomic E-state index is 12.5. The Morgan fingerprint density at radius 3 is 2.84 bits per heavy atom. The smallest absolute Gasteiger partial charge is 0.240 e. The van der Waals surface area contributed by atoms with Gasteiger partial charge >= 0.3 is 0 Å². The fourth-order valence-electron chi connectivity index (χ4n) is 2.36. The number of methoxy groups -OCH3 is 1. The van der Waals surface area contributed by atoms with E-state index in [1.807, 2.05) is 17.5 Å². The van der Waals surface area contributed by atoms with Crippen LogP contribution in [0.4, 0.5) is 0 Å². The van der Waals surface area contributed by atoms with E-state index in [0.29, 0.717) is 18.7 Å². The summed E-state index contributed by atoms with van der Waals surface area (Å²) in [5.74, 6) is 0.482. The molecule has 0 aliphatic rings. The summed E-state index contributed by atoms with van der Waals surface area (Å²) in [7, 11) is -2.10. The summed E-state index contributed by atoms with van der Waals surface area (Å²) >= 11 is 1.49. The molecule has 0 aliphatic heterocycles. The van der Waals surface area contributed by atoms with Gasteiger partial charge in [0.15, 0.2) is 0 Å². The van der Waals surface area contributed by atoms with Gasteiger partial charge in [-0.05, 0) is 18.2 Å². The number of ether oxygens (including phenoxy) is 1. The summed E-state index contributed by atoms with van der Waals surface area (Å²) < 4.78 is 32.9. The average Bonchev–Trinajstić information content (AvgIpc) is 3.15. The topological polar surface area (TPSA) is 81.2 Å². The molecule has 0 amide bonds. The molecule has 8 heteroatoms. The van der Waals surface area contributed by atoms with E-state index in [1.165, 1.54) is 24.5 Å². The number of hydrogen-bond acceptors (Lipinski definition) is 6. The molecule has 0 bridgehead atoms. The zero-order valence-corrected chi connectivity index (χ0v) is 15.2. The van der Waals surface area contributed by atoms with Crippen LogP contribution in [-0.2, 0) is 16.4 Å². The molecule has 0 saturated heterocycles. The normalized spacial score (nSPS) is 11.4. The number of thiazole rings is 1. The molecular weight excluding hydrogens is 358 g/mol. The first-order valence-corrected chi connectivity index (χ1v) is 9.98. The van der Waals surface area contributed by atoms with Crippen LogP contribution in [0.5, 0.6) is 5.75 Å². The van der Waals surface area contributed by atoms with Crippen LogP contribution in [-0.4, -0.2) is 32.0 Å². The van der Waals surface area contributed by atoms with Gasteiger partial charge in [0.25, 0.3) is 0 Å². The average molecular weight is 375 g/mol. The van der Waals surface area contributed by atoms with Crippen molar-refractivity contribution in [1.82, 2.24) is 14.7 Å². The fraction of sp³-hybridized carbons (Fsp3) is 0.176. The molecule has 0 atom stereocenters. The summed E-state index contributed by atoms with van der Waals surface area (Å²) in [6, 6.07) is 8.53. The number of rotatable bonds is 7. The zero-order valence-electron chi connectivity index (χ0n) is 13.5. The van der Waals surface area contributed by atoms with Crippen molar-refractivity contribution in [2.45, 2.75) is 11.3 Å². The fourth-order valence-corrected chi connectivity index (χ4v) is 4.00. The Balaban J connectivity index is 1.79. The molecule has 6 nitrogen and oxygen atoms in total. The molecule has 25 heavy (non-hydrogen) atoms. The molecule has 2 aromatic heterocycles. The SMILES string of the molecule is COc1cc(S(=O)(=O)NCCc2cscn2)ccc1-c1cccnc1. The Labute approximate surface area is 150 Å². The van der Waals surface area contributed by atoms with E-state index >= 15 is 0 Å². The van der Waals surface area contributed by atoms with Gasteiger partial charge in [0, 0.05) is 47.9 Å². The molecule has 0 fully saturated rings.